The van der Waals surface area contributed by atoms with Crippen molar-refractivity contribution in [3.8, 4) is 0 Å². The van der Waals surface area contributed by atoms with Crippen LogP contribution in [-0.2, 0) is 4.79 Å². The summed E-state index contributed by atoms with van der Waals surface area (Å²) in [5.74, 6) is 1.65. The van der Waals surface area contributed by atoms with E-state index in [9.17, 15) is 4.79 Å². The molecule has 1 amide bonds. The minimum Gasteiger partial charge on any atom is -0.273 e. The summed E-state index contributed by atoms with van der Waals surface area (Å²) in [5, 5.41) is 4.13. The van der Waals surface area contributed by atoms with E-state index in [0.717, 1.165) is 18.3 Å². The molecule has 2 saturated carbocycles. The van der Waals surface area contributed by atoms with Gasteiger partial charge in [0.25, 0.3) is 0 Å². The Labute approximate surface area is 72.2 Å². The smallest absolute Gasteiger partial charge is 0.239 e. The second-order valence-electron chi connectivity index (χ2n) is 3.63. The Morgan fingerprint density at radius 1 is 1.75 bits per heavy atom. The van der Waals surface area contributed by atoms with Crippen molar-refractivity contribution in [3.05, 3.63) is 0 Å². The highest BCUT2D eigenvalue weighted by Crippen LogP contribution is 2.49. The average molecular weight is 166 g/mol. The van der Waals surface area contributed by atoms with Crippen molar-refractivity contribution >= 4 is 11.6 Å². The van der Waals surface area contributed by atoms with E-state index in [0.29, 0.717) is 6.42 Å². The third kappa shape index (κ3) is 1.36. The van der Waals surface area contributed by atoms with E-state index in [-0.39, 0.29) is 5.91 Å². The summed E-state index contributed by atoms with van der Waals surface area (Å²) < 4.78 is 0. The van der Waals surface area contributed by atoms with E-state index in [1.54, 1.807) is 0 Å². The first kappa shape index (κ1) is 7.77. The van der Waals surface area contributed by atoms with Crippen molar-refractivity contribution in [1.82, 2.24) is 5.43 Å². The van der Waals surface area contributed by atoms with Gasteiger partial charge in [-0.05, 0) is 25.2 Å². The van der Waals surface area contributed by atoms with Gasteiger partial charge < -0.3 is 0 Å². The first-order valence-electron chi connectivity index (χ1n) is 4.66. The fourth-order valence-electron chi connectivity index (χ4n) is 1.85. The van der Waals surface area contributed by atoms with Gasteiger partial charge in [0.2, 0.25) is 5.91 Å². The summed E-state index contributed by atoms with van der Waals surface area (Å²) in [6, 6.07) is 0. The van der Waals surface area contributed by atoms with E-state index >= 15 is 0 Å². The molecule has 0 aromatic heterocycles. The summed E-state index contributed by atoms with van der Waals surface area (Å²) in [4.78, 5) is 10.9. The van der Waals surface area contributed by atoms with Crippen LogP contribution in [0.4, 0.5) is 0 Å². The molecule has 0 aliphatic heterocycles. The van der Waals surface area contributed by atoms with Crippen LogP contribution >= 0.6 is 0 Å². The largest absolute Gasteiger partial charge is 0.273 e. The molecule has 1 N–H and O–H groups in total. The molecule has 0 spiro atoms. The van der Waals surface area contributed by atoms with Crippen LogP contribution < -0.4 is 5.43 Å². The number of nitrogens with one attached hydrogen (secondary N) is 1. The first-order valence-corrected chi connectivity index (χ1v) is 4.66. The molecule has 0 bridgehead atoms. The Morgan fingerprint density at radius 2 is 2.58 bits per heavy atom. The molecule has 0 heterocycles. The molecule has 3 nitrogen and oxygen atoms in total. The van der Waals surface area contributed by atoms with Crippen LogP contribution in [0.15, 0.2) is 5.10 Å². The van der Waals surface area contributed by atoms with Gasteiger partial charge in [-0.1, -0.05) is 6.92 Å². The first-order chi connectivity index (χ1) is 5.81. The number of rotatable bonds is 2. The second-order valence-corrected chi connectivity index (χ2v) is 3.63. The number of fused-ring (bicyclic) bond motifs is 1. The lowest BCUT2D eigenvalue weighted by atomic mass is 10.2. The van der Waals surface area contributed by atoms with Crippen LogP contribution in [0.5, 0.6) is 0 Å². The number of hydrogen-bond donors (Lipinski definition) is 1. The normalized spacial score (nSPS) is 34.9. The summed E-state index contributed by atoms with van der Waals surface area (Å²) in [5.41, 5.74) is 3.80. The topological polar surface area (TPSA) is 41.5 Å². The Bertz CT molecular complexity index is 235. The zero-order chi connectivity index (χ0) is 8.55. The van der Waals surface area contributed by atoms with Crippen LogP contribution in [0.3, 0.4) is 0 Å². The number of amides is 1. The molecule has 0 saturated heterocycles. The third-order valence-corrected chi connectivity index (χ3v) is 2.77. The molecular weight excluding hydrogens is 152 g/mol. The zero-order valence-corrected chi connectivity index (χ0v) is 7.34. The van der Waals surface area contributed by atoms with E-state index in [1.807, 2.05) is 6.92 Å². The Hall–Kier alpha value is -0.860. The highest BCUT2D eigenvalue weighted by atomic mass is 16.2. The summed E-state index contributed by atoms with van der Waals surface area (Å²) >= 11 is 0. The molecule has 0 radical (unpaired) electrons. The Balaban J connectivity index is 1.87. The van der Waals surface area contributed by atoms with Crippen molar-refractivity contribution in [2.75, 3.05) is 0 Å². The number of hydrogen-bond acceptors (Lipinski definition) is 2. The van der Waals surface area contributed by atoms with E-state index in [1.165, 1.54) is 18.6 Å². The minimum absolute atomic E-state index is 0.0200. The van der Waals surface area contributed by atoms with E-state index in [4.69, 9.17) is 0 Å². The third-order valence-electron chi connectivity index (χ3n) is 2.77. The molecule has 2 fully saturated rings. The number of nitrogens with zero attached hydrogens (tertiary/aromatic N) is 1. The van der Waals surface area contributed by atoms with Crippen LogP contribution in [0.2, 0.25) is 0 Å². The maximum Gasteiger partial charge on any atom is 0.239 e. The average Bonchev–Trinajstić information content (AvgIpc) is 2.77. The van der Waals surface area contributed by atoms with Gasteiger partial charge in [-0.3, -0.25) is 4.79 Å². The predicted molar refractivity (Wildman–Crippen MR) is 46.7 cm³/mol. The molecule has 2 rings (SSSR count). The molecule has 2 atom stereocenters. The van der Waals surface area contributed by atoms with Gasteiger partial charge in [0.15, 0.2) is 0 Å². The van der Waals surface area contributed by atoms with Gasteiger partial charge in [-0.2, -0.15) is 5.10 Å². The highest BCUT2D eigenvalue weighted by molar-refractivity contribution is 5.92. The second kappa shape index (κ2) is 2.88. The molecule has 2 aliphatic carbocycles. The quantitative estimate of drug-likeness (QED) is 0.617. The van der Waals surface area contributed by atoms with Gasteiger partial charge in [-0.15, -0.1) is 0 Å². The molecule has 0 aromatic carbocycles. The van der Waals surface area contributed by atoms with Gasteiger partial charge in [0.1, 0.15) is 0 Å². The summed E-state index contributed by atoms with van der Waals surface area (Å²) in [6.45, 7) is 1.84. The monoisotopic (exact) mass is 166 g/mol. The lowest BCUT2D eigenvalue weighted by molar-refractivity contribution is -0.120. The fraction of sp³-hybridized carbons (Fsp3) is 0.778. The molecular formula is C9H14N2O. The maximum atomic E-state index is 10.9. The van der Waals surface area contributed by atoms with Crippen molar-refractivity contribution in [2.45, 2.75) is 32.6 Å². The summed E-state index contributed by atoms with van der Waals surface area (Å²) in [6.07, 6.45) is 4.20. The minimum atomic E-state index is 0.0200. The number of carbonyl (C=O) groups is 1. The van der Waals surface area contributed by atoms with E-state index in [2.05, 4.69) is 10.5 Å². The SMILES string of the molecule is CCC(=O)N/N=C1/CC[C@H]2C[C@@H]12. The predicted octanol–water partition coefficient (Wildman–Crippen LogP) is 1.30. The molecule has 2 aliphatic rings. The maximum absolute atomic E-state index is 10.9. The van der Waals surface area contributed by atoms with Crippen molar-refractivity contribution in [3.63, 3.8) is 0 Å². The lowest BCUT2D eigenvalue weighted by Crippen LogP contribution is -2.18. The Morgan fingerprint density at radius 3 is 3.08 bits per heavy atom. The molecule has 66 valence electrons. The summed E-state index contributed by atoms with van der Waals surface area (Å²) in [7, 11) is 0. The van der Waals surface area contributed by atoms with Crippen molar-refractivity contribution in [1.29, 1.82) is 0 Å². The molecule has 3 heteroatoms. The van der Waals surface area contributed by atoms with Crippen LogP contribution in [0, 0.1) is 11.8 Å². The van der Waals surface area contributed by atoms with Gasteiger partial charge in [0.05, 0.1) is 0 Å². The number of carbonyl (C=O) groups excluding carboxylic acids is 1. The van der Waals surface area contributed by atoms with Crippen molar-refractivity contribution in [2.24, 2.45) is 16.9 Å². The van der Waals surface area contributed by atoms with Crippen molar-refractivity contribution < 1.29 is 4.79 Å². The Kier molecular flexibility index (Phi) is 1.87. The molecule has 0 unspecified atom stereocenters. The van der Waals surface area contributed by atoms with Crippen LogP contribution in [0.25, 0.3) is 0 Å². The highest BCUT2D eigenvalue weighted by Gasteiger charge is 2.45. The molecule has 0 aromatic rings. The van der Waals surface area contributed by atoms with Gasteiger partial charge >= 0.3 is 0 Å². The lowest BCUT2D eigenvalue weighted by Gasteiger charge is -1.99. The number of hydrazone groups is 1. The fourth-order valence-corrected chi connectivity index (χ4v) is 1.85. The standard InChI is InChI=1S/C9H14N2O/c1-2-9(12)11-10-8-4-3-6-5-7(6)8/h6-7H,2-5H2,1H3,(H,11,12)/b10-8-/t6-,7+/m0/s1. The molecule has 12 heavy (non-hydrogen) atoms. The van der Waals surface area contributed by atoms with Crippen LogP contribution in [0.1, 0.15) is 32.6 Å². The van der Waals surface area contributed by atoms with Gasteiger partial charge in [-0.25, -0.2) is 5.43 Å². The van der Waals surface area contributed by atoms with Gasteiger partial charge in [0, 0.05) is 18.1 Å². The van der Waals surface area contributed by atoms with Crippen LogP contribution in [-0.4, -0.2) is 11.6 Å². The van der Waals surface area contributed by atoms with E-state index < -0.39 is 0 Å². The zero-order valence-electron chi connectivity index (χ0n) is 7.34.